The van der Waals surface area contributed by atoms with Crippen molar-refractivity contribution in [2.45, 2.75) is 44.6 Å². The number of guanidine groups is 1. The van der Waals surface area contributed by atoms with Gasteiger partial charge in [0, 0.05) is 20.0 Å². The number of nitrogens with one attached hydrogen (secondary N) is 2. The highest BCUT2D eigenvalue weighted by atomic mass is 32.2. The minimum absolute atomic E-state index is 0.0297. The van der Waals surface area contributed by atoms with Gasteiger partial charge in [-0.1, -0.05) is 20.8 Å². The molecule has 0 bridgehead atoms. The van der Waals surface area contributed by atoms with Gasteiger partial charge in [0.1, 0.15) is 11.3 Å². The van der Waals surface area contributed by atoms with Crippen molar-refractivity contribution in [1.29, 1.82) is 5.41 Å². The number of ether oxygens (including phenoxy) is 1. The van der Waals surface area contributed by atoms with Gasteiger partial charge in [-0.3, -0.25) is 10.2 Å². The minimum Gasteiger partial charge on any atom is -0.493 e. The predicted octanol–water partition coefficient (Wildman–Crippen LogP) is 1.23. The maximum absolute atomic E-state index is 13.4. The number of carboxylic acid groups (broad SMARTS) is 1. The molecule has 29 heavy (non-hydrogen) atoms. The quantitative estimate of drug-likeness (QED) is 0.361. The Balaban J connectivity index is 2.47. The molecule has 1 heterocycles. The zero-order chi connectivity index (χ0) is 22.2. The molecule has 10 heteroatoms. The Morgan fingerprint density at radius 1 is 1.41 bits per heavy atom. The van der Waals surface area contributed by atoms with Gasteiger partial charge in [0.25, 0.3) is 0 Å². The van der Waals surface area contributed by atoms with Crippen LogP contribution in [0.5, 0.6) is 5.75 Å². The molecule has 9 nitrogen and oxygen atoms in total. The van der Waals surface area contributed by atoms with E-state index in [1.54, 1.807) is 32.9 Å². The molecule has 2 atom stereocenters. The van der Waals surface area contributed by atoms with E-state index in [0.717, 1.165) is 9.87 Å². The standard InChI is InChI=1S/C19H30N4O5S/c1-12(11-22-17(20)21)18(2,3)19(4,16(24)25)23(5)29(26,27)14-6-7-15-13(10-14)8-9-28-15/h6-7,10,12H,8-9,11H2,1-5H3,(H,24,25)(H4,20,21,22). The van der Waals surface area contributed by atoms with Crippen LogP contribution in [-0.4, -0.2) is 55.5 Å². The van der Waals surface area contributed by atoms with Crippen molar-refractivity contribution in [2.24, 2.45) is 17.1 Å². The number of sulfonamides is 1. The first kappa shape index (κ1) is 23.0. The summed E-state index contributed by atoms with van der Waals surface area (Å²) in [6.07, 6.45) is 0.609. The van der Waals surface area contributed by atoms with Crippen molar-refractivity contribution in [3.63, 3.8) is 0 Å². The molecule has 0 saturated heterocycles. The number of aliphatic carboxylic acids is 1. The largest absolute Gasteiger partial charge is 0.493 e. The number of likely N-dealkylation sites (N-methyl/N-ethyl adjacent to an activating group) is 1. The summed E-state index contributed by atoms with van der Waals surface area (Å²) in [5.74, 6) is -1.16. The van der Waals surface area contributed by atoms with Crippen LogP contribution in [0.1, 0.15) is 33.3 Å². The fourth-order valence-corrected chi connectivity index (χ4v) is 5.18. The summed E-state index contributed by atoms with van der Waals surface area (Å²) in [5.41, 5.74) is 3.35. The van der Waals surface area contributed by atoms with Crippen LogP contribution in [0.25, 0.3) is 0 Å². The van der Waals surface area contributed by atoms with Gasteiger partial charge in [0.2, 0.25) is 10.0 Å². The minimum atomic E-state index is -4.10. The van der Waals surface area contributed by atoms with Crippen LogP contribution >= 0.6 is 0 Å². The van der Waals surface area contributed by atoms with E-state index >= 15 is 0 Å². The van der Waals surface area contributed by atoms with Crippen molar-refractivity contribution < 1.29 is 23.1 Å². The van der Waals surface area contributed by atoms with Gasteiger partial charge in [0.05, 0.1) is 11.5 Å². The summed E-state index contributed by atoms with van der Waals surface area (Å²) < 4.78 is 33.1. The topological polar surface area (TPSA) is 146 Å². The molecule has 0 saturated carbocycles. The van der Waals surface area contributed by atoms with Crippen LogP contribution in [-0.2, 0) is 21.2 Å². The Morgan fingerprint density at radius 2 is 2.03 bits per heavy atom. The van der Waals surface area contributed by atoms with E-state index in [2.05, 4.69) is 5.32 Å². The van der Waals surface area contributed by atoms with Gasteiger partial charge in [-0.25, -0.2) is 8.42 Å². The SMILES string of the molecule is CC(CNC(=N)N)C(C)(C)C(C)(C(=O)O)N(C)S(=O)(=O)c1ccc2c(c1)CCO2. The summed E-state index contributed by atoms with van der Waals surface area (Å²) in [4.78, 5) is 12.4. The van der Waals surface area contributed by atoms with E-state index < -0.39 is 26.9 Å². The molecule has 1 aromatic rings. The second-order valence-corrected chi connectivity index (χ2v) is 10.1. The zero-order valence-corrected chi connectivity index (χ0v) is 18.3. The van der Waals surface area contributed by atoms with Crippen LogP contribution in [0.3, 0.4) is 0 Å². The maximum atomic E-state index is 13.4. The van der Waals surface area contributed by atoms with Gasteiger partial charge >= 0.3 is 5.97 Å². The Hall–Kier alpha value is -2.33. The molecular formula is C19H30N4O5S. The van der Waals surface area contributed by atoms with E-state index in [1.165, 1.54) is 20.0 Å². The predicted molar refractivity (Wildman–Crippen MR) is 109 cm³/mol. The van der Waals surface area contributed by atoms with Crippen molar-refractivity contribution in [1.82, 2.24) is 9.62 Å². The Labute approximate surface area is 171 Å². The lowest BCUT2D eigenvalue weighted by molar-refractivity contribution is -0.156. The molecule has 0 aromatic heterocycles. The number of rotatable bonds is 8. The third-order valence-corrected chi connectivity index (χ3v) is 8.39. The fourth-order valence-electron chi connectivity index (χ4n) is 3.54. The second kappa shape index (κ2) is 7.83. The summed E-state index contributed by atoms with van der Waals surface area (Å²) in [6.45, 7) is 7.34. The molecule has 1 aromatic carbocycles. The van der Waals surface area contributed by atoms with Crippen LogP contribution in [0.4, 0.5) is 0 Å². The van der Waals surface area contributed by atoms with Gasteiger partial charge in [0.15, 0.2) is 5.96 Å². The molecule has 0 amide bonds. The molecular weight excluding hydrogens is 396 g/mol. The van der Waals surface area contributed by atoms with Gasteiger partial charge in [-0.2, -0.15) is 4.31 Å². The number of fused-ring (bicyclic) bond motifs is 1. The fraction of sp³-hybridized carbons (Fsp3) is 0.579. The van der Waals surface area contributed by atoms with Gasteiger partial charge in [-0.05, 0) is 42.0 Å². The lowest BCUT2D eigenvalue weighted by Crippen LogP contribution is -2.64. The maximum Gasteiger partial charge on any atom is 0.325 e. The van der Waals surface area contributed by atoms with E-state index in [-0.39, 0.29) is 23.3 Å². The second-order valence-electron chi connectivity index (χ2n) is 8.14. The van der Waals surface area contributed by atoms with Crippen molar-refractivity contribution in [2.75, 3.05) is 20.2 Å². The molecule has 1 aliphatic rings. The van der Waals surface area contributed by atoms with Crippen LogP contribution in [0.2, 0.25) is 0 Å². The third-order valence-electron chi connectivity index (χ3n) is 6.45. The van der Waals surface area contributed by atoms with E-state index in [4.69, 9.17) is 15.9 Å². The average Bonchev–Trinajstić information content (AvgIpc) is 3.11. The number of nitrogens with two attached hydrogens (primary N) is 1. The lowest BCUT2D eigenvalue weighted by Gasteiger charge is -2.49. The number of carbonyl (C=O) groups is 1. The molecule has 2 unspecified atom stereocenters. The first-order valence-corrected chi connectivity index (χ1v) is 10.8. The first-order chi connectivity index (χ1) is 13.3. The van der Waals surface area contributed by atoms with Crippen molar-refractivity contribution in [3.05, 3.63) is 23.8 Å². The molecule has 1 aliphatic heterocycles. The van der Waals surface area contributed by atoms with E-state index in [0.29, 0.717) is 18.8 Å². The number of nitrogens with zero attached hydrogens (tertiary/aromatic N) is 1. The summed E-state index contributed by atoms with van der Waals surface area (Å²) in [5, 5.41) is 20.1. The molecule has 0 spiro atoms. The van der Waals surface area contributed by atoms with Crippen LogP contribution < -0.4 is 15.8 Å². The van der Waals surface area contributed by atoms with E-state index in [1.807, 2.05) is 0 Å². The average molecular weight is 427 g/mol. The van der Waals surface area contributed by atoms with Crippen molar-refractivity contribution in [3.8, 4) is 5.75 Å². The van der Waals surface area contributed by atoms with Crippen LogP contribution in [0, 0.1) is 16.7 Å². The van der Waals surface area contributed by atoms with E-state index in [9.17, 15) is 18.3 Å². The lowest BCUT2D eigenvalue weighted by atomic mass is 9.65. The molecule has 0 aliphatic carbocycles. The molecule has 0 radical (unpaired) electrons. The Morgan fingerprint density at radius 3 is 2.59 bits per heavy atom. The highest BCUT2D eigenvalue weighted by molar-refractivity contribution is 7.89. The molecule has 162 valence electrons. The number of hydrogen-bond acceptors (Lipinski definition) is 5. The monoisotopic (exact) mass is 426 g/mol. The normalized spacial score (nSPS) is 17.2. The molecule has 5 N–H and O–H groups in total. The summed E-state index contributed by atoms with van der Waals surface area (Å²) >= 11 is 0. The Kier molecular flexibility index (Phi) is 6.20. The highest BCUT2D eigenvalue weighted by Gasteiger charge is 2.56. The van der Waals surface area contributed by atoms with Gasteiger partial charge in [-0.15, -0.1) is 0 Å². The smallest absolute Gasteiger partial charge is 0.325 e. The highest BCUT2D eigenvalue weighted by Crippen LogP contribution is 2.44. The molecule has 2 rings (SSSR count). The zero-order valence-electron chi connectivity index (χ0n) is 17.4. The van der Waals surface area contributed by atoms with Crippen molar-refractivity contribution >= 4 is 22.0 Å². The number of carboxylic acids is 1. The number of benzene rings is 1. The number of hydrogen-bond donors (Lipinski definition) is 4. The van der Waals surface area contributed by atoms with Crippen LogP contribution in [0.15, 0.2) is 23.1 Å². The summed E-state index contributed by atoms with van der Waals surface area (Å²) in [7, 11) is -2.81. The van der Waals surface area contributed by atoms with Gasteiger partial charge < -0.3 is 20.9 Å². The Bertz CT molecular complexity index is 915. The first-order valence-electron chi connectivity index (χ1n) is 9.32. The molecule has 0 fully saturated rings. The summed E-state index contributed by atoms with van der Waals surface area (Å²) in [6, 6.07) is 4.59. The third kappa shape index (κ3) is 3.91.